The van der Waals surface area contributed by atoms with Gasteiger partial charge in [0.15, 0.2) is 0 Å². The predicted molar refractivity (Wildman–Crippen MR) is 78.2 cm³/mol. The summed E-state index contributed by atoms with van der Waals surface area (Å²) in [6, 6.07) is 7.52. The molecule has 3 rings (SSSR count). The lowest BCUT2D eigenvalue weighted by atomic mass is 10.00. The number of carbonyl (C=O) groups excluding carboxylic acids is 1. The van der Waals surface area contributed by atoms with Gasteiger partial charge >= 0.3 is 0 Å². The monoisotopic (exact) mass is 286 g/mol. The summed E-state index contributed by atoms with van der Waals surface area (Å²) in [5, 5.41) is 16.6. The van der Waals surface area contributed by atoms with Crippen molar-refractivity contribution in [1.29, 1.82) is 0 Å². The van der Waals surface area contributed by atoms with Gasteiger partial charge in [-0.1, -0.05) is 6.42 Å². The fraction of sp³-hybridized carbons (Fsp3) is 0.429. The Labute approximate surface area is 122 Å². The summed E-state index contributed by atoms with van der Waals surface area (Å²) >= 11 is 0. The molecule has 7 nitrogen and oxygen atoms in total. The number of nitrogens with one attached hydrogen (secondary N) is 2. The second kappa shape index (κ2) is 6.01. The van der Waals surface area contributed by atoms with E-state index in [0.717, 1.165) is 30.5 Å². The first kappa shape index (κ1) is 13.7. The number of aromatic nitrogens is 4. The smallest absolute Gasteiger partial charge is 0.224 e. The Hall–Kier alpha value is -2.28. The van der Waals surface area contributed by atoms with E-state index in [1.165, 1.54) is 0 Å². The van der Waals surface area contributed by atoms with Crippen molar-refractivity contribution in [3.8, 4) is 11.4 Å². The summed E-state index contributed by atoms with van der Waals surface area (Å²) in [7, 11) is 0. The SMILES string of the molecule is N[C@@H]1CCC[C@H]1CC(=O)Nc1ccc(-c2nn[nH]n2)cc1. The van der Waals surface area contributed by atoms with Crippen LogP contribution in [0, 0.1) is 5.92 Å². The van der Waals surface area contributed by atoms with Gasteiger partial charge in [0.25, 0.3) is 0 Å². The van der Waals surface area contributed by atoms with Crippen molar-refractivity contribution in [2.45, 2.75) is 31.7 Å². The molecule has 2 atom stereocenters. The highest BCUT2D eigenvalue weighted by atomic mass is 16.1. The van der Waals surface area contributed by atoms with Gasteiger partial charge in [-0.2, -0.15) is 5.21 Å². The van der Waals surface area contributed by atoms with Crippen LogP contribution in [0.5, 0.6) is 0 Å². The van der Waals surface area contributed by atoms with E-state index in [1.54, 1.807) is 0 Å². The number of H-pyrrole nitrogens is 1. The molecule has 0 saturated heterocycles. The van der Waals surface area contributed by atoms with Crippen LogP contribution in [0.15, 0.2) is 24.3 Å². The molecule has 2 aromatic rings. The highest BCUT2D eigenvalue weighted by molar-refractivity contribution is 5.91. The molecule has 0 aliphatic heterocycles. The highest BCUT2D eigenvalue weighted by Crippen LogP contribution is 2.27. The average molecular weight is 286 g/mol. The second-order valence-electron chi connectivity index (χ2n) is 5.42. The minimum atomic E-state index is 0.0182. The molecule has 1 aromatic heterocycles. The highest BCUT2D eigenvalue weighted by Gasteiger charge is 2.25. The maximum absolute atomic E-state index is 12.0. The molecule has 7 heteroatoms. The van der Waals surface area contributed by atoms with Crippen LogP contribution in [-0.2, 0) is 4.79 Å². The van der Waals surface area contributed by atoms with Crippen molar-refractivity contribution in [3.05, 3.63) is 24.3 Å². The third-order valence-electron chi connectivity index (χ3n) is 3.94. The molecule has 21 heavy (non-hydrogen) atoms. The minimum absolute atomic E-state index is 0.0182. The first-order valence-electron chi connectivity index (χ1n) is 7.11. The zero-order chi connectivity index (χ0) is 14.7. The number of carbonyl (C=O) groups is 1. The molecule has 1 aromatic carbocycles. The van der Waals surface area contributed by atoms with Crippen LogP contribution in [0.3, 0.4) is 0 Å². The van der Waals surface area contributed by atoms with Crippen molar-refractivity contribution < 1.29 is 4.79 Å². The third kappa shape index (κ3) is 3.25. The van der Waals surface area contributed by atoms with Crippen molar-refractivity contribution in [2.75, 3.05) is 5.32 Å². The van der Waals surface area contributed by atoms with Crippen LogP contribution in [0.2, 0.25) is 0 Å². The molecular formula is C14H18N6O. The van der Waals surface area contributed by atoms with E-state index in [-0.39, 0.29) is 11.9 Å². The largest absolute Gasteiger partial charge is 0.327 e. The molecule has 1 aliphatic carbocycles. The number of benzene rings is 1. The van der Waals surface area contributed by atoms with Gasteiger partial charge in [0.2, 0.25) is 11.7 Å². The fourth-order valence-corrected chi connectivity index (χ4v) is 2.76. The molecule has 1 saturated carbocycles. The summed E-state index contributed by atoms with van der Waals surface area (Å²) in [5.41, 5.74) is 7.60. The number of anilines is 1. The van der Waals surface area contributed by atoms with Gasteiger partial charge in [0.05, 0.1) is 0 Å². The number of nitrogens with two attached hydrogens (primary N) is 1. The molecule has 1 amide bonds. The summed E-state index contributed by atoms with van der Waals surface area (Å²) in [6.07, 6.45) is 3.69. The van der Waals surface area contributed by atoms with E-state index in [9.17, 15) is 4.79 Å². The summed E-state index contributed by atoms with van der Waals surface area (Å²) in [6.45, 7) is 0. The number of hydrogen-bond donors (Lipinski definition) is 3. The third-order valence-corrected chi connectivity index (χ3v) is 3.94. The fourth-order valence-electron chi connectivity index (χ4n) is 2.76. The lowest BCUT2D eigenvalue weighted by Crippen LogP contribution is -2.28. The standard InChI is InChI=1S/C14H18N6O/c15-12-3-1-2-10(12)8-13(21)16-11-6-4-9(5-7-11)14-17-19-20-18-14/h4-7,10,12H,1-3,8,15H2,(H,16,21)(H,17,18,19,20)/t10-,12+/m0/s1. The molecule has 1 aliphatic rings. The molecule has 0 unspecified atom stereocenters. The van der Waals surface area contributed by atoms with Gasteiger partial charge in [0.1, 0.15) is 0 Å². The lowest BCUT2D eigenvalue weighted by Gasteiger charge is -2.14. The van der Waals surface area contributed by atoms with Crippen molar-refractivity contribution in [3.63, 3.8) is 0 Å². The first-order valence-corrected chi connectivity index (χ1v) is 7.11. The average Bonchev–Trinajstić information content (AvgIpc) is 3.12. The Bertz CT molecular complexity index is 594. The van der Waals surface area contributed by atoms with Gasteiger partial charge < -0.3 is 11.1 Å². The summed E-state index contributed by atoms with van der Waals surface area (Å²) in [5.74, 6) is 0.859. The van der Waals surface area contributed by atoms with Crippen molar-refractivity contribution in [1.82, 2.24) is 20.6 Å². The number of amides is 1. The van der Waals surface area contributed by atoms with Crippen LogP contribution < -0.4 is 11.1 Å². The van der Waals surface area contributed by atoms with Gasteiger partial charge in [-0.15, -0.1) is 10.2 Å². The van der Waals surface area contributed by atoms with Crippen molar-refractivity contribution >= 4 is 11.6 Å². The van der Waals surface area contributed by atoms with Gasteiger partial charge in [-0.05, 0) is 48.2 Å². The van der Waals surface area contributed by atoms with Crippen LogP contribution in [0.25, 0.3) is 11.4 Å². The molecule has 0 spiro atoms. The topological polar surface area (TPSA) is 110 Å². The van der Waals surface area contributed by atoms with E-state index in [2.05, 4.69) is 25.9 Å². The number of rotatable bonds is 4. The van der Waals surface area contributed by atoms with Crippen LogP contribution in [0.4, 0.5) is 5.69 Å². The zero-order valence-corrected chi connectivity index (χ0v) is 11.6. The van der Waals surface area contributed by atoms with Gasteiger partial charge in [-0.3, -0.25) is 4.79 Å². The van der Waals surface area contributed by atoms with E-state index in [4.69, 9.17) is 5.73 Å². The van der Waals surface area contributed by atoms with E-state index < -0.39 is 0 Å². The lowest BCUT2D eigenvalue weighted by molar-refractivity contribution is -0.117. The molecule has 1 heterocycles. The summed E-state index contributed by atoms with van der Waals surface area (Å²) in [4.78, 5) is 12.0. The van der Waals surface area contributed by atoms with E-state index in [1.807, 2.05) is 24.3 Å². The van der Waals surface area contributed by atoms with Gasteiger partial charge in [0, 0.05) is 23.7 Å². The number of nitrogens with zero attached hydrogens (tertiary/aromatic N) is 3. The summed E-state index contributed by atoms with van der Waals surface area (Å²) < 4.78 is 0. The van der Waals surface area contributed by atoms with E-state index in [0.29, 0.717) is 18.2 Å². The van der Waals surface area contributed by atoms with Crippen molar-refractivity contribution in [2.24, 2.45) is 11.7 Å². The van der Waals surface area contributed by atoms with Crippen LogP contribution in [-0.4, -0.2) is 32.6 Å². The first-order chi connectivity index (χ1) is 10.2. The maximum atomic E-state index is 12.0. The number of tetrazole rings is 1. The number of hydrogen-bond acceptors (Lipinski definition) is 5. The second-order valence-corrected chi connectivity index (χ2v) is 5.42. The van der Waals surface area contributed by atoms with Crippen LogP contribution >= 0.6 is 0 Å². The van der Waals surface area contributed by atoms with E-state index >= 15 is 0 Å². The molecule has 1 fully saturated rings. The quantitative estimate of drug-likeness (QED) is 0.785. The normalized spacial score (nSPS) is 21.4. The maximum Gasteiger partial charge on any atom is 0.224 e. The zero-order valence-electron chi connectivity index (χ0n) is 11.6. The minimum Gasteiger partial charge on any atom is -0.327 e. The molecule has 0 bridgehead atoms. The molecular weight excluding hydrogens is 268 g/mol. The Kier molecular flexibility index (Phi) is 3.92. The molecule has 110 valence electrons. The predicted octanol–water partition coefficient (Wildman–Crippen LogP) is 1.32. The molecule has 4 N–H and O–H groups in total. The Morgan fingerprint density at radius 2 is 2.14 bits per heavy atom. The molecule has 0 radical (unpaired) electrons. The Balaban J connectivity index is 1.58. The van der Waals surface area contributed by atoms with Gasteiger partial charge in [-0.25, -0.2) is 0 Å². The van der Waals surface area contributed by atoms with Crippen LogP contribution in [0.1, 0.15) is 25.7 Å². The Morgan fingerprint density at radius 1 is 1.33 bits per heavy atom. The Morgan fingerprint density at radius 3 is 2.76 bits per heavy atom. The number of aromatic amines is 1.